The molecule has 0 aliphatic carbocycles. The van der Waals surface area contributed by atoms with Gasteiger partial charge in [0.25, 0.3) is 5.56 Å². The Labute approximate surface area is 232 Å². The molecule has 2 aromatic heterocycles. The van der Waals surface area contributed by atoms with Crippen molar-refractivity contribution in [1.82, 2.24) is 30.1 Å². The lowest BCUT2D eigenvalue weighted by atomic mass is 9.99. The summed E-state index contributed by atoms with van der Waals surface area (Å²) in [5, 5.41) is 13.8. The molecule has 1 aliphatic rings. The van der Waals surface area contributed by atoms with Crippen LogP contribution in [0.1, 0.15) is 34.1 Å². The van der Waals surface area contributed by atoms with Crippen LogP contribution in [-0.4, -0.2) is 56.3 Å². The summed E-state index contributed by atoms with van der Waals surface area (Å²) < 4.78 is 16.3. The van der Waals surface area contributed by atoms with Crippen molar-refractivity contribution in [1.29, 1.82) is 0 Å². The molecule has 204 valence electrons. The van der Waals surface area contributed by atoms with Crippen LogP contribution in [0.4, 0.5) is 10.1 Å². The normalized spacial score (nSPS) is 15.0. The smallest absolute Gasteiger partial charge is 0.253 e. The molecule has 1 aliphatic heterocycles. The number of tetrazole rings is 1. The fourth-order valence-electron chi connectivity index (χ4n) is 5.62. The summed E-state index contributed by atoms with van der Waals surface area (Å²) in [5.41, 5.74) is 5.27. The number of nitrogens with zero attached hydrogens (tertiary/aromatic N) is 6. The van der Waals surface area contributed by atoms with Gasteiger partial charge in [-0.1, -0.05) is 54.6 Å². The largest absolute Gasteiger partial charge is 0.367 e. The first-order chi connectivity index (χ1) is 19.5. The van der Waals surface area contributed by atoms with Gasteiger partial charge >= 0.3 is 0 Å². The van der Waals surface area contributed by atoms with Crippen LogP contribution >= 0.6 is 0 Å². The van der Waals surface area contributed by atoms with E-state index in [0.29, 0.717) is 49.8 Å². The van der Waals surface area contributed by atoms with Crippen LogP contribution in [0, 0.1) is 19.7 Å². The lowest BCUT2D eigenvalue weighted by Gasteiger charge is -2.39. The Balaban J connectivity index is 1.37. The van der Waals surface area contributed by atoms with Crippen LogP contribution < -0.4 is 10.5 Å². The first kappa shape index (κ1) is 25.9. The third-order valence-electron chi connectivity index (χ3n) is 8.01. The zero-order valence-corrected chi connectivity index (χ0v) is 22.7. The van der Waals surface area contributed by atoms with Gasteiger partial charge in [0.15, 0.2) is 5.82 Å². The lowest BCUT2D eigenvalue weighted by molar-refractivity contribution is 0.199. The van der Waals surface area contributed by atoms with E-state index in [0.717, 1.165) is 28.5 Å². The average Bonchev–Trinajstić information content (AvgIpc) is 3.44. The van der Waals surface area contributed by atoms with E-state index in [1.165, 1.54) is 11.6 Å². The molecule has 1 atom stereocenters. The molecule has 40 heavy (non-hydrogen) atoms. The number of piperazine rings is 1. The van der Waals surface area contributed by atoms with Crippen molar-refractivity contribution in [2.75, 3.05) is 31.1 Å². The van der Waals surface area contributed by atoms with Gasteiger partial charge in [-0.15, -0.1) is 5.10 Å². The van der Waals surface area contributed by atoms with Crippen molar-refractivity contribution >= 4 is 16.6 Å². The molecule has 0 amide bonds. The summed E-state index contributed by atoms with van der Waals surface area (Å²) in [6.07, 6.45) is 0.763. The first-order valence-corrected chi connectivity index (χ1v) is 13.7. The maximum Gasteiger partial charge on any atom is 0.253 e. The molecule has 3 heterocycles. The van der Waals surface area contributed by atoms with E-state index in [1.807, 2.05) is 61.0 Å². The number of benzene rings is 3. The number of hydrogen-bond acceptors (Lipinski definition) is 6. The third kappa shape index (κ3) is 5.00. The summed E-state index contributed by atoms with van der Waals surface area (Å²) in [5.74, 6) is 0.401. The SMILES string of the molecule is Cc1ccc2cc(C(c3nnnn3CCc3ccccc3)N3CCN(c4ccccc4F)CC3)c(=O)[nH]c2c1C. The minimum Gasteiger partial charge on any atom is -0.367 e. The molecule has 1 fully saturated rings. The maximum atomic E-state index is 14.5. The van der Waals surface area contributed by atoms with Crippen molar-refractivity contribution in [2.24, 2.45) is 0 Å². The van der Waals surface area contributed by atoms with E-state index >= 15 is 0 Å². The standard InChI is InChI=1S/C31H32FN7O/c1-21-12-13-24-20-25(31(40)33-28(24)22(21)2)29(30-34-35-36-39(30)15-14-23-8-4-3-5-9-23)38-18-16-37(17-19-38)27-11-7-6-10-26(27)32/h3-13,20,29H,14-19H2,1-2H3,(H,33,40). The number of aryl methyl sites for hydroxylation is 4. The molecule has 0 bridgehead atoms. The van der Waals surface area contributed by atoms with Crippen LogP contribution in [-0.2, 0) is 13.0 Å². The van der Waals surface area contributed by atoms with Gasteiger partial charge in [0.05, 0.1) is 11.2 Å². The summed E-state index contributed by atoms with van der Waals surface area (Å²) in [4.78, 5) is 21.1. The molecule has 5 aromatic rings. The molecule has 1 unspecified atom stereocenters. The van der Waals surface area contributed by atoms with E-state index in [1.54, 1.807) is 6.07 Å². The summed E-state index contributed by atoms with van der Waals surface area (Å²) in [7, 11) is 0. The number of para-hydroxylation sites is 1. The number of aromatic nitrogens is 5. The molecule has 0 radical (unpaired) electrons. The van der Waals surface area contributed by atoms with Crippen LogP contribution in [0.25, 0.3) is 10.9 Å². The summed E-state index contributed by atoms with van der Waals surface area (Å²) in [6, 6.07) is 22.7. The maximum absolute atomic E-state index is 14.5. The predicted octanol–water partition coefficient (Wildman–Crippen LogP) is 4.42. The number of aromatic amines is 1. The molecule has 1 saturated heterocycles. The fourth-order valence-corrected chi connectivity index (χ4v) is 5.62. The molecule has 0 spiro atoms. The Hall–Kier alpha value is -4.37. The van der Waals surface area contributed by atoms with Gasteiger partial charge in [0, 0.05) is 38.3 Å². The number of anilines is 1. The van der Waals surface area contributed by atoms with Crippen molar-refractivity contribution in [3.8, 4) is 0 Å². The third-order valence-corrected chi connectivity index (χ3v) is 8.01. The highest BCUT2D eigenvalue weighted by molar-refractivity contribution is 5.83. The minimum absolute atomic E-state index is 0.152. The van der Waals surface area contributed by atoms with Gasteiger partial charge in [-0.05, 0) is 71.0 Å². The lowest BCUT2D eigenvalue weighted by Crippen LogP contribution is -2.49. The number of pyridine rings is 1. The number of rotatable bonds is 7. The number of nitrogens with one attached hydrogen (secondary N) is 1. The minimum atomic E-state index is -0.455. The molecule has 8 nitrogen and oxygen atoms in total. The van der Waals surface area contributed by atoms with Crippen LogP contribution in [0.2, 0.25) is 0 Å². The van der Waals surface area contributed by atoms with Gasteiger partial charge in [0.1, 0.15) is 11.9 Å². The summed E-state index contributed by atoms with van der Waals surface area (Å²) >= 11 is 0. The predicted molar refractivity (Wildman–Crippen MR) is 154 cm³/mol. The highest BCUT2D eigenvalue weighted by Crippen LogP contribution is 2.30. The topological polar surface area (TPSA) is 82.9 Å². The second-order valence-electron chi connectivity index (χ2n) is 10.4. The Morgan fingerprint density at radius 3 is 2.48 bits per heavy atom. The Kier molecular flexibility index (Phi) is 7.13. The number of hydrogen-bond donors (Lipinski definition) is 1. The molecule has 0 saturated carbocycles. The van der Waals surface area contributed by atoms with E-state index in [2.05, 4.69) is 48.5 Å². The highest BCUT2D eigenvalue weighted by Gasteiger charge is 2.33. The van der Waals surface area contributed by atoms with Gasteiger partial charge in [-0.3, -0.25) is 9.69 Å². The average molecular weight is 538 g/mol. The van der Waals surface area contributed by atoms with E-state index in [9.17, 15) is 9.18 Å². The molecule has 6 rings (SSSR count). The Morgan fingerprint density at radius 2 is 1.70 bits per heavy atom. The quantitative estimate of drug-likeness (QED) is 0.331. The molecule has 3 aromatic carbocycles. The van der Waals surface area contributed by atoms with Gasteiger partial charge in [-0.2, -0.15) is 0 Å². The Bertz CT molecular complexity index is 1690. The number of fused-ring (bicyclic) bond motifs is 1. The van der Waals surface area contributed by atoms with E-state index in [-0.39, 0.29) is 11.4 Å². The molecular weight excluding hydrogens is 505 g/mol. The van der Waals surface area contributed by atoms with Gasteiger partial charge in [-0.25, -0.2) is 9.07 Å². The fraction of sp³-hybridized carbons (Fsp3) is 0.290. The zero-order chi connectivity index (χ0) is 27.6. The second kappa shape index (κ2) is 11.0. The molecule has 9 heteroatoms. The second-order valence-corrected chi connectivity index (χ2v) is 10.4. The first-order valence-electron chi connectivity index (χ1n) is 13.7. The van der Waals surface area contributed by atoms with E-state index < -0.39 is 6.04 Å². The van der Waals surface area contributed by atoms with Crippen LogP contribution in [0.5, 0.6) is 0 Å². The monoisotopic (exact) mass is 537 g/mol. The van der Waals surface area contributed by atoms with Crippen LogP contribution in [0.3, 0.4) is 0 Å². The molecular formula is C31H32FN7O. The highest BCUT2D eigenvalue weighted by atomic mass is 19.1. The van der Waals surface area contributed by atoms with Crippen molar-refractivity contribution in [3.63, 3.8) is 0 Å². The van der Waals surface area contributed by atoms with E-state index in [4.69, 9.17) is 0 Å². The number of halogens is 1. The summed E-state index contributed by atoms with van der Waals surface area (Å²) in [6.45, 7) is 7.13. The van der Waals surface area contributed by atoms with Crippen molar-refractivity contribution in [2.45, 2.75) is 32.9 Å². The van der Waals surface area contributed by atoms with Crippen molar-refractivity contribution < 1.29 is 4.39 Å². The van der Waals surface area contributed by atoms with Gasteiger partial charge in [0.2, 0.25) is 0 Å². The number of H-pyrrole nitrogens is 1. The molecule has 1 N–H and O–H groups in total. The zero-order valence-electron chi connectivity index (χ0n) is 22.7. The van der Waals surface area contributed by atoms with Crippen LogP contribution in [0.15, 0.2) is 77.6 Å². The van der Waals surface area contributed by atoms with Gasteiger partial charge < -0.3 is 9.88 Å². The van der Waals surface area contributed by atoms with Crippen molar-refractivity contribution in [3.05, 3.63) is 117 Å². The Morgan fingerprint density at radius 1 is 0.950 bits per heavy atom.